The van der Waals surface area contributed by atoms with Crippen LogP contribution in [0, 0.1) is 6.92 Å². The Morgan fingerprint density at radius 2 is 1.83 bits per heavy atom. The van der Waals surface area contributed by atoms with Crippen molar-refractivity contribution in [2.45, 2.75) is 19.4 Å². The molecule has 152 valence electrons. The first-order valence-electron chi connectivity index (χ1n) is 9.99. The Morgan fingerprint density at radius 1 is 1.07 bits per heavy atom. The van der Waals surface area contributed by atoms with E-state index in [0.29, 0.717) is 11.5 Å². The van der Waals surface area contributed by atoms with Crippen LogP contribution in [0.15, 0.2) is 36.0 Å². The third-order valence-electron chi connectivity index (χ3n) is 6.05. The molecule has 2 saturated heterocycles. The molecule has 0 N–H and O–H groups in total. The summed E-state index contributed by atoms with van der Waals surface area (Å²) < 4.78 is 23.7. The van der Waals surface area contributed by atoms with Crippen LogP contribution >= 0.6 is 11.3 Å². The van der Waals surface area contributed by atoms with Gasteiger partial charge in [0.05, 0.1) is 16.9 Å². The summed E-state index contributed by atoms with van der Waals surface area (Å²) >= 11 is 1.66. The van der Waals surface area contributed by atoms with Gasteiger partial charge >= 0.3 is 0 Å². The smallest absolute Gasteiger partial charge is 0.151 e. The minimum atomic E-state index is -2.85. The Kier molecular flexibility index (Phi) is 4.80. The lowest BCUT2D eigenvalue weighted by Crippen LogP contribution is -2.51. The lowest BCUT2D eigenvalue weighted by molar-refractivity contribution is 0.200. The van der Waals surface area contributed by atoms with Gasteiger partial charge in [0.25, 0.3) is 0 Å². The van der Waals surface area contributed by atoms with E-state index in [0.717, 1.165) is 48.6 Å². The van der Waals surface area contributed by atoms with Gasteiger partial charge in [-0.25, -0.2) is 18.4 Å². The Morgan fingerprint density at radius 3 is 2.52 bits per heavy atom. The van der Waals surface area contributed by atoms with Gasteiger partial charge in [0.2, 0.25) is 0 Å². The maximum absolute atomic E-state index is 11.8. The highest BCUT2D eigenvalue weighted by molar-refractivity contribution is 7.91. The molecule has 0 saturated carbocycles. The van der Waals surface area contributed by atoms with Crippen molar-refractivity contribution in [1.82, 2.24) is 14.9 Å². The van der Waals surface area contributed by atoms with Crippen LogP contribution in [-0.2, 0) is 9.84 Å². The number of aryl methyl sites for hydroxylation is 1. The SMILES string of the molecule is Cc1ccc(-c2csc3ncnc(N4CCN([C@@H]5CCS(=O)(=O)C5)CC4)c23)cc1. The Bertz CT molecular complexity index is 1130. The molecule has 1 aromatic carbocycles. The monoisotopic (exact) mass is 428 g/mol. The number of anilines is 1. The van der Waals surface area contributed by atoms with E-state index in [1.54, 1.807) is 17.7 Å². The number of aromatic nitrogens is 2. The molecule has 6 nitrogen and oxygen atoms in total. The van der Waals surface area contributed by atoms with Crippen molar-refractivity contribution in [1.29, 1.82) is 0 Å². The van der Waals surface area contributed by atoms with Gasteiger partial charge in [0.1, 0.15) is 17.0 Å². The highest BCUT2D eigenvalue weighted by Gasteiger charge is 2.34. The number of fused-ring (bicyclic) bond motifs is 1. The maximum atomic E-state index is 11.8. The molecule has 1 atom stereocenters. The summed E-state index contributed by atoms with van der Waals surface area (Å²) in [6, 6.07) is 8.77. The number of thiophene rings is 1. The predicted octanol–water partition coefficient (Wildman–Crippen LogP) is 2.98. The molecule has 2 aliphatic heterocycles. The molecule has 29 heavy (non-hydrogen) atoms. The molecule has 8 heteroatoms. The molecule has 0 aliphatic carbocycles. The first-order valence-corrected chi connectivity index (χ1v) is 12.7. The average molecular weight is 429 g/mol. The molecule has 3 aromatic rings. The van der Waals surface area contributed by atoms with Crippen molar-refractivity contribution in [2.75, 3.05) is 42.6 Å². The Balaban J connectivity index is 1.41. The molecule has 0 radical (unpaired) electrons. The number of rotatable bonds is 3. The van der Waals surface area contributed by atoms with E-state index in [4.69, 9.17) is 0 Å². The largest absolute Gasteiger partial charge is 0.353 e. The van der Waals surface area contributed by atoms with Crippen LogP contribution in [0.5, 0.6) is 0 Å². The van der Waals surface area contributed by atoms with Crippen molar-refractivity contribution in [3.63, 3.8) is 0 Å². The standard InChI is InChI=1S/C21H24N4O2S2/c1-15-2-4-16(5-3-15)18-12-28-21-19(18)20(22-14-23-21)25-9-7-24(8-10-25)17-6-11-29(26,27)13-17/h2-5,12,14,17H,6-11,13H2,1H3/t17-/m1/s1. The molecule has 0 amide bonds. The van der Waals surface area contributed by atoms with Gasteiger partial charge < -0.3 is 4.90 Å². The van der Waals surface area contributed by atoms with Crippen LogP contribution in [0.25, 0.3) is 21.3 Å². The summed E-state index contributed by atoms with van der Waals surface area (Å²) in [5.74, 6) is 1.64. The van der Waals surface area contributed by atoms with E-state index >= 15 is 0 Å². The van der Waals surface area contributed by atoms with Crippen molar-refractivity contribution in [2.24, 2.45) is 0 Å². The van der Waals surface area contributed by atoms with Gasteiger partial charge in [-0.15, -0.1) is 11.3 Å². The zero-order chi connectivity index (χ0) is 20.0. The van der Waals surface area contributed by atoms with Gasteiger partial charge in [-0.3, -0.25) is 4.90 Å². The molecule has 2 aliphatic rings. The summed E-state index contributed by atoms with van der Waals surface area (Å²) in [4.78, 5) is 14.8. The van der Waals surface area contributed by atoms with E-state index in [1.807, 2.05) is 0 Å². The average Bonchev–Trinajstić information content (AvgIpc) is 3.32. The zero-order valence-corrected chi connectivity index (χ0v) is 18.0. The van der Waals surface area contributed by atoms with E-state index in [1.165, 1.54) is 16.7 Å². The molecule has 0 spiro atoms. The van der Waals surface area contributed by atoms with Crippen LogP contribution in [0.2, 0.25) is 0 Å². The van der Waals surface area contributed by atoms with Crippen molar-refractivity contribution < 1.29 is 8.42 Å². The fourth-order valence-corrected chi connectivity index (χ4v) is 7.08. The molecule has 4 heterocycles. The lowest BCUT2D eigenvalue weighted by atomic mass is 10.0. The number of piperazine rings is 1. The molecular weight excluding hydrogens is 404 g/mol. The summed E-state index contributed by atoms with van der Waals surface area (Å²) in [6.45, 7) is 5.54. The molecule has 2 aromatic heterocycles. The molecular formula is C21H24N4O2S2. The van der Waals surface area contributed by atoms with Gasteiger partial charge in [-0.2, -0.15) is 0 Å². The topological polar surface area (TPSA) is 66.4 Å². The number of hydrogen-bond acceptors (Lipinski definition) is 7. The minimum absolute atomic E-state index is 0.178. The fourth-order valence-electron chi connectivity index (χ4n) is 4.41. The first-order chi connectivity index (χ1) is 14.0. The van der Waals surface area contributed by atoms with E-state index < -0.39 is 9.84 Å². The second kappa shape index (κ2) is 7.34. The van der Waals surface area contributed by atoms with Gasteiger partial charge in [0, 0.05) is 43.2 Å². The third-order valence-corrected chi connectivity index (χ3v) is 8.69. The lowest BCUT2D eigenvalue weighted by Gasteiger charge is -2.38. The summed E-state index contributed by atoms with van der Waals surface area (Å²) in [5, 5.41) is 3.30. The second-order valence-corrected chi connectivity index (χ2v) is 11.1. The summed E-state index contributed by atoms with van der Waals surface area (Å²) in [6.07, 6.45) is 2.42. The number of benzene rings is 1. The van der Waals surface area contributed by atoms with Crippen molar-refractivity contribution >= 4 is 37.2 Å². The van der Waals surface area contributed by atoms with Crippen LogP contribution in [0.1, 0.15) is 12.0 Å². The zero-order valence-electron chi connectivity index (χ0n) is 16.4. The van der Waals surface area contributed by atoms with Crippen LogP contribution in [-0.4, -0.2) is 67.0 Å². The maximum Gasteiger partial charge on any atom is 0.151 e. The van der Waals surface area contributed by atoms with E-state index in [-0.39, 0.29) is 6.04 Å². The van der Waals surface area contributed by atoms with Crippen LogP contribution in [0.3, 0.4) is 0 Å². The Labute approximate surface area is 175 Å². The molecule has 2 fully saturated rings. The number of sulfone groups is 1. The highest BCUT2D eigenvalue weighted by atomic mass is 32.2. The quantitative estimate of drug-likeness (QED) is 0.639. The van der Waals surface area contributed by atoms with E-state index in [2.05, 4.69) is 56.3 Å². The normalized spacial score (nSPS) is 22.4. The van der Waals surface area contributed by atoms with Crippen LogP contribution in [0.4, 0.5) is 5.82 Å². The first kappa shape index (κ1) is 19.0. The van der Waals surface area contributed by atoms with Gasteiger partial charge in [-0.05, 0) is 18.9 Å². The molecule has 0 bridgehead atoms. The fraction of sp³-hybridized carbons (Fsp3) is 0.429. The van der Waals surface area contributed by atoms with Crippen molar-refractivity contribution in [3.05, 3.63) is 41.5 Å². The highest BCUT2D eigenvalue weighted by Crippen LogP contribution is 2.38. The number of hydrogen-bond donors (Lipinski definition) is 0. The third kappa shape index (κ3) is 3.65. The van der Waals surface area contributed by atoms with Gasteiger partial charge in [-0.1, -0.05) is 29.8 Å². The molecule has 5 rings (SSSR count). The molecule has 0 unspecified atom stereocenters. The predicted molar refractivity (Wildman–Crippen MR) is 118 cm³/mol. The van der Waals surface area contributed by atoms with Crippen LogP contribution < -0.4 is 4.90 Å². The summed E-state index contributed by atoms with van der Waals surface area (Å²) in [7, 11) is -2.85. The summed E-state index contributed by atoms with van der Waals surface area (Å²) in [5.41, 5.74) is 3.62. The minimum Gasteiger partial charge on any atom is -0.353 e. The Hall–Kier alpha value is -2.03. The second-order valence-electron chi connectivity index (χ2n) is 7.97. The van der Waals surface area contributed by atoms with Crippen molar-refractivity contribution in [3.8, 4) is 11.1 Å². The van der Waals surface area contributed by atoms with E-state index in [9.17, 15) is 8.42 Å². The number of nitrogens with zero attached hydrogens (tertiary/aromatic N) is 4. The van der Waals surface area contributed by atoms with Gasteiger partial charge in [0.15, 0.2) is 9.84 Å².